The Labute approximate surface area is 75.4 Å². The Bertz CT molecular complexity index is 279. The minimum absolute atomic E-state index is 0.296. The van der Waals surface area contributed by atoms with Crippen LogP contribution in [0.2, 0.25) is 0 Å². The van der Waals surface area contributed by atoms with E-state index in [9.17, 15) is 13.2 Å². The van der Waals surface area contributed by atoms with Crippen LogP contribution in [0.1, 0.15) is 13.8 Å². The lowest BCUT2D eigenvalue weighted by molar-refractivity contribution is -0.0972. The van der Waals surface area contributed by atoms with Crippen LogP contribution in [0.15, 0.2) is 35.5 Å². The molecule has 0 amide bonds. The van der Waals surface area contributed by atoms with E-state index < -0.39 is 17.7 Å². The van der Waals surface area contributed by atoms with E-state index in [-0.39, 0.29) is 0 Å². The Morgan fingerprint density at radius 3 is 2.38 bits per heavy atom. The highest BCUT2D eigenvalue weighted by molar-refractivity contribution is 5.35. The van der Waals surface area contributed by atoms with Crippen LogP contribution in [0, 0.1) is 5.92 Å². The van der Waals surface area contributed by atoms with E-state index in [1.807, 2.05) is 0 Å². The topological polar surface area (TPSA) is 0 Å². The first kappa shape index (κ1) is 10.1. The van der Waals surface area contributed by atoms with E-state index >= 15 is 0 Å². The van der Waals surface area contributed by atoms with Gasteiger partial charge in [-0.3, -0.25) is 0 Å². The molecule has 0 radical (unpaired) electrons. The number of hydrogen-bond donors (Lipinski definition) is 0. The smallest absolute Gasteiger partial charge is 0.166 e. The summed E-state index contributed by atoms with van der Waals surface area (Å²) < 4.78 is 37.5. The third-order valence-electron chi connectivity index (χ3n) is 2.04. The maximum atomic E-state index is 12.5. The second kappa shape index (κ2) is 3.40. The van der Waals surface area contributed by atoms with Gasteiger partial charge in [-0.15, -0.1) is 0 Å². The number of halogens is 3. The average Bonchev–Trinajstić information content (AvgIpc) is 2.09. The maximum Gasteiger partial charge on any atom is 0.413 e. The summed E-state index contributed by atoms with van der Waals surface area (Å²) in [6.07, 6.45) is 2.10. The van der Waals surface area contributed by atoms with E-state index in [0.717, 1.165) is 0 Å². The fraction of sp³-hybridized carbons (Fsp3) is 0.400. The van der Waals surface area contributed by atoms with Gasteiger partial charge in [0, 0.05) is 11.5 Å². The zero-order chi connectivity index (χ0) is 10.1. The SMILES string of the molecule is CC1=C(C(F)(F)F)[C@@H](C)C=CC=C1. The molecule has 72 valence electrons. The number of allylic oxidation sites excluding steroid dienone is 6. The largest absolute Gasteiger partial charge is 0.413 e. The van der Waals surface area contributed by atoms with Gasteiger partial charge in [-0.05, 0) is 12.5 Å². The number of hydrogen-bond acceptors (Lipinski definition) is 0. The molecule has 0 saturated carbocycles. The Morgan fingerprint density at radius 2 is 1.85 bits per heavy atom. The normalized spacial score (nSPS) is 23.6. The van der Waals surface area contributed by atoms with Crippen LogP contribution in [0.5, 0.6) is 0 Å². The summed E-state index contributed by atoms with van der Waals surface area (Å²) >= 11 is 0. The van der Waals surface area contributed by atoms with Crippen molar-refractivity contribution in [1.29, 1.82) is 0 Å². The molecule has 0 aliphatic heterocycles. The van der Waals surface area contributed by atoms with Crippen LogP contribution in [-0.2, 0) is 0 Å². The van der Waals surface area contributed by atoms with Gasteiger partial charge in [-0.2, -0.15) is 13.2 Å². The molecule has 1 aliphatic carbocycles. The summed E-state index contributed by atoms with van der Waals surface area (Å²) in [5.74, 6) is -0.560. The molecule has 0 aromatic rings. The summed E-state index contributed by atoms with van der Waals surface area (Å²) in [6.45, 7) is 3.04. The Hall–Kier alpha value is -0.990. The van der Waals surface area contributed by atoms with Gasteiger partial charge in [0.1, 0.15) is 0 Å². The predicted molar refractivity (Wildman–Crippen MR) is 46.2 cm³/mol. The quantitative estimate of drug-likeness (QED) is 0.544. The minimum Gasteiger partial charge on any atom is -0.166 e. The second-order valence-electron chi connectivity index (χ2n) is 3.13. The summed E-state index contributed by atoms with van der Waals surface area (Å²) in [7, 11) is 0. The fourth-order valence-electron chi connectivity index (χ4n) is 1.46. The van der Waals surface area contributed by atoms with E-state index in [1.54, 1.807) is 25.2 Å². The Morgan fingerprint density at radius 1 is 1.23 bits per heavy atom. The molecule has 0 heterocycles. The molecule has 0 saturated heterocycles. The molecule has 1 rings (SSSR count). The van der Waals surface area contributed by atoms with Crippen molar-refractivity contribution < 1.29 is 13.2 Å². The number of alkyl halides is 3. The second-order valence-corrected chi connectivity index (χ2v) is 3.13. The molecule has 0 unspecified atom stereocenters. The molecule has 3 heteroatoms. The van der Waals surface area contributed by atoms with Crippen LogP contribution >= 0.6 is 0 Å². The molecule has 13 heavy (non-hydrogen) atoms. The van der Waals surface area contributed by atoms with E-state index in [1.165, 1.54) is 13.0 Å². The highest BCUT2D eigenvalue weighted by Crippen LogP contribution is 2.35. The Balaban J connectivity index is 3.15. The van der Waals surface area contributed by atoms with Crippen molar-refractivity contribution in [1.82, 2.24) is 0 Å². The highest BCUT2D eigenvalue weighted by atomic mass is 19.4. The van der Waals surface area contributed by atoms with Crippen LogP contribution in [0.4, 0.5) is 13.2 Å². The van der Waals surface area contributed by atoms with Crippen molar-refractivity contribution in [2.45, 2.75) is 20.0 Å². The molecule has 0 aromatic carbocycles. The van der Waals surface area contributed by atoms with Gasteiger partial charge in [0.15, 0.2) is 0 Å². The molecule has 1 aliphatic rings. The highest BCUT2D eigenvalue weighted by Gasteiger charge is 2.37. The van der Waals surface area contributed by atoms with Crippen molar-refractivity contribution in [3.63, 3.8) is 0 Å². The van der Waals surface area contributed by atoms with Crippen molar-refractivity contribution in [3.8, 4) is 0 Å². The molecule has 0 N–H and O–H groups in total. The molecular formula is C10H11F3. The summed E-state index contributed by atoms with van der Waals surface area (Å²) in [6, 6.07) is 0. The van der Waals surface area contributed by atoms with E-state index in [4.69, 9.17) is 0 Å². The third-order valence-corrected chi connectivity index (χ3v) is 2.04. The standard InChI is InChI=1S/C10H11F3/c1-7-5-3-4-6-8(2)9(7)10(11,12)13/h3-7H,1-2H3/t7-/m0/s1. The van der Waals surface area contributed by atoms with Crippen LogP contribution in [0.25, 0.3) is 0 Å². The molecule has 0 bridgehead atoms. The Kier molecular flexibility index (Phi) is 2.64. The van der Waals surface area contributed by atoms with Crippen LogP contribution < -0.4 is 0 Å². The molecule has 1 atom stereocenters. The first-order valence-corrected chi connectivity index (χ1v) is 4.05. The molecule has 0 fully saturated rings. The van der Waals surface area contributed by atoms with Crippen LogP contribution in [-0.4, -0.2) is 6.18 Å². The monoisotopic (exact) mass is 188 g/mol. The minimum atomic E-state index is -4.22. The zero-order valence-corrected chi connectivity index (χ0v) is 7.52. The maximum absolute atomic E-state index is 12.5. The first-order chi connectivity index (χ1) is 5.93. The zero-order valence-electron chi connectivity index (χ0n) is 7.52. The van der Waals surface area contributed by atoms with Gasteiger partial charge in [0.25, 0.3) is 0 Å². The van der Waals surface area contributed by atoms with Crippen molar-refractivity contribution in [2.24, 2.45) is 5.92 Å². The van der Waals surface area contributed by atoms with Gasteiger partial charge in [0.05, 0.1) is 0 Å². The van der Waals surface area contributed by atoms with Crippen molar-refractivity contribution >= 4 is 0 Å². The van der Waals surface area contributed by atoms with Crippen LogP contribution in [0.3, 0.4) is 0 Å². The first-order valence-electron chi connectivity index (χ1n) is 4.05. The molecular weight excluding hydrogens is 177 g/mol. The van der Waals surface area contributed by atoms with Gasteiger partial charge in [-0.1, -0.05) is 31.2 Å². The lowest BCUT2D eigenvalue weighted by atomic mass is 9.96. The predicted octanol–water partition coefficient (Wildman–Crippen LogP) is 3.63. The van der Waals surface area contributed by atoms with Gasteiger partial charge in [0.2, 0.25) is 0 Å². The summed E-state index contributed by atoms with van der Waals surface area (Å²) in [5, 5.41) is 0. The fourth-order valence-corrected chi connectivity index (χ4v) is 1.46. The van der Waals surface area contributed by atoms with Crippen molar-refractivity contribution in [2.75, 3.05) is 0 Å². The summed E-state index contributed by atoms with van der Waals surface area (Å²) in [5.41, 5.74) is -0.150. The molecule has 0 spiro atoms. The molecule has 0 nitrogen and oxygen atoms in total. The van der Waals surface area contributed by atoms with Gasteiger partial charge in [-0.25, -0.2) is 0 Å². The number of rotatable bonds is 0. The van der Waals surface area contributed by atoms with E-state index in [2.05, 4.69) is 0 Å². The van der Waals surface area contributed by atoms with Gasteiger partial charge < -0.3 is 0 Å². The third kappa shape index (κ3) is 2.23. The lowest BCUT2D eigenvalue weighted by Gasteiger charge is -2.17. The van der Waals surface area contributed by atoms with E-state index in [0.29, 0.717) is 5.57 Å². The van der Waals surface area contributed by atoms with Gasteiger partial charge >= 0.3 is 6.18 Å². The summed E-state index contributed by atoms with van der Waals surface area (Å²) in [4.78, 5) is 0. The molecule has 0 aromatic heterocycles. The lowest BCUT2D eigenvalue weighted by Crippen LogP contribution is -2.18. The average molecular weight is 188 g/mol. The van der Waals surface area contributed by atoms with Crippen molar-refractivity contribution in [3.05, 3.63) is 35.5 Å².